The van der Waals surface area contributed by atoms with Gasteiger partial charge in [-0.25, -0.2) is 4.79 Å². The predicted octanol–water partition coefficient (Wildman–Crippen LogP) is 4.03. The molecule has 0 aromatic heterocycles. The highest BCUT2D eigenvalue weighted by Crippen LogP contribution is 2.65. The smallest absolute Gasteiger partial charge is 0.343 e. The van der Waals surface area contributed by atoms with E-state index in [1.165, 1.54) is 10.5 Å². The van der Waals surface area contributed by atoms with Crippen molar-refractivity contribution in [1.82, 2.24) is 0 Å². The Kier molecular flexibility index (Phi) is 3.98. The van der Waals surface area contributed by atoms with Gasteiger partial charge in [0, 0.05) is 0 Å². The van der Waals surface area contributed by atoms with E-state index in [1.807, 2.05) is 12.1 Å². The highest BCUT2D eigenvalue weighted by Gasteiger charge is 2.67. The summed E-state index contributed by atoms with van der Waals surface area (Å²) in [5, 5.41) is 0. The van der Waals surface area contributed by atoms with E-state index in [-0.39, 0.29) is 35.5 Å². The van der Waals surface area contributed by atoms with Gasteiger partial charge in [0.25, 0.3) is 0 Å². The average molecular weight is 413 g/mol. The van der Waals surface area contributed by atoms with E-state index >= 15 is 0 Å². The van der Waals surface area contributed by atoms with E-state index in [1.54, 1.807) is 36.4 Å². The third kappa shape index (κ3) is 2.72. The van der Waals surface area contributed by atoms with Gasteiger partial charge in [-0.05, 0) is 78.5 Å². The van der Waals surface area contributed by atoms with Crippen LogP contribution in [0.5, 0.6) is 5.75 Å². The number of hydrogen-bond donors (Lipinski definition) is 0. The number of ether oxygens (including phenoxy) is 1. The van der Waals surface area contributed by atoms with Crippen molar-refractivity contribution in [2.45, 2.75) is 19.8 Å². The molecule has 2 aromatic rings. The zero-order chi connectivity index (χ0) is 21.3. The number of amides is 2. The standard InChI is InChI=1S/C26H23NO4/c1-2-14-3-9-17(10-4-14)31-26(30)15-5-7-16(8-6-15)27-24(28)22-18-11-12-19(21-13-20(18)21)23(22)25(27)29/h3-12,18-23H,2,13H2,1H3/t18-,19-,20-,21-,22-,23+/m1/s1. The molecule has 0 spiro atoms. The van der Waals surface area contributed by atoms with Crippen molar-refractivity contribution in [3.63, 3.8) is 0 Å². The minimum absolute atomic E-state index is 0.0916. The number of imide groups is 1. The van der Waals surface area contributed by atoms with Gasteiger partial charge >= 0.3 is 5.97 Å². The first-order valence-corrected chi connectivity index (χ1v) is 11.0. The molecule has 31 heavy (non-hydrogen) atoms. The molecule has 5 nitrogen and oxygen atoms in total. The Morgan fingerprint density at radius 3 is 2.03 bits per heavy atom. The van der Waals surface area contributed by atoms with Crippen LogP contribution in [0.1, 0.15) is 29.3 Å². The van der Waals surface area contributed by atoms with Gasteiger partial charge in [-0.2, -0.15) is 0 Å². The van der Waals surface area contributed by atoms with Crippen LogP contribution in [0.25, 0.3) is 0 Å². The molecule has 7 rings (SSSR count). The van der Waals surface area contributed by atoms with Crippen molar-refractivity contribution in [3.8, 4) is 5.75 Å². The second-order valence-electron chi connectivity index (χ2n) is 9.10. The van der Waals surface area contributed by atoms with Crippen molar-refractivity contribution in [3.05, 3.63) is 71.8 Å². The van der Waals surface area contributed by atoms with Gasteiger partial charge in [0.2, 0.25) is 11.8 Å². The monoisotopic (exact) mass is 413 g/mol. The molecule has 0 N–H and O–H groups in total. The van der Waals surface area contributed by atoms with Crippen LogP contribution in [0, 0.1) is 35.5 Å². The molecule has 5 aliphatic rings. The first-order chi connectivity index (χ1) is 15.1. The highest BCUT2D eigenvalue weighted by atomic mass is 16.5. The van der Waals surface area contributed by atoms with Crippen LogP contribution in [-0.2, 0) is 16.0 Å². The number of aryl methyl sites for hydroxylation is 1. The lowest BCUT2D eigenvalue weighted by Crippen LogP contribution is -2.40. The van der Waals surface area contributed by atoms with Gasteiger partial charge in [-0.1, -0.05) is 31.2 Å². The molecule has 6 atom stereocenters. The molecule has 5 heteroatoms. The van der Waals surface area contributed by atoms with E-state index in [2.05, 4.69) is 19.1 Å². The van der Waals surface area contributed by atoms with Crippen molar-refractivity contribution in [1.29, 1.82) is 0 Å². The highest BCUT2D eigenvalue weighted by molar-refractivity contribution is 6.22. The number of carbonyl (C=O) groups is 3. The van der Waals surface area contributed by atoms with Gasteiger partial charge in [-0.15, -0.1) is 0 Å². The topological polar surface area (TPSA) is 63.7 Å². The van der Waals surface area contributed by atoms with Gasteiger partial charge in [0.15, 0.2) is 0 Å². The van der Waals surface area contributed by atoms with Crippen LogP contribution in [-0.4, -0.2) is 17.8 Å². The molecule has 2 saturated carbocycles. The zero-order valence-corrected chi connectivity index (χ0v) is 17.2. The molecule has 2 bridgehead atoms. The minimum atomic E-state index is -0.467. The van der Waals surface area contributed by atoms with Crippen molar-refractivity contribution >= 4 is 23.5 Å². The largest absolute Gasteiger partial charge is 0.423 e. The molecule has 1 saturated heterocycles. The molecule has 0 unspecified atom stereocenters. The van der Waals surface area contributed by atoms with Crippen LogP contribution >= 0.6 is 0 Å². The van der Waals surface area contributed by atoms with Gasteiger partial charge in [-0.3, -0.25) is 14.5 Å². The van der Waals surface area contributed by atoms with E-state index < -0.39 is 5.97 Å². The third-order valence-corrected chi connectivity index (χ3v) is 7.57. The van der Waals surface area contributed by atoms with Gasteiger partial charge in [0.05, 0.1) is 23.1 Å². The summed E-state index contributed by atoms with van der Waals surface area (Å²) >= 11 is 0. The number of hydrogen-bond acceptors (Lipinski definition) is 4. The van der Waals surface area contributed by atoms with Crippen LogP contribution in [0.2, 0.25) is 0 Å². The van der Waals surface area contributed by atoms with Crippen LogP contribution in [0.3, 0.4) is 0 Å². The maximum absolute atomic E-state index is 13.2. The Hall–Kier alpha value is -3.21. The third-order valence-electron chi connectivity index (χ3n) is 7.57. The van der Waals surface area contributed by atoms with E-state index in [4.69, 9.17) is 4.74 Å². The molecule has 1 aliphatic heterocycles. The molecular weight excluding hydrogens is 390 g/mol. The SMILES string of the molecule is CCc1ccc(OC(=O)c2ccc(N3C(=O)[C@@H]4[C@@H]5C=C[C@H]([C@H]6C[C@H]56)[C@@H]4C3=O)cc2)cc1. The summed E-state index contributed by atoms with van der Waals surface area (Å²) in [4.78, 5) is 40.2. The molecule has 2 aromatic carbocycles. The molecule has 4 aliphatic carbocycles. The summed E-state index contributed by atoms with van der Waals surface area (Å²) in [5.41, 5.74) is 2.08. The Bertz CT molecular complexity index is 1080. The molecule has 0 radical (unpaired) electrons. The number of esters is 1. The normalized spacial score (nSPS) is 32.1. The Labute approximate surface area is 180 Å². The van der Waals surface area contributed by atoms with Gasteiger partial charge in [0.1, 0.15) is 5.75 Å². The predicted molar refractivity (Wildman–Crippen MR) is 114 cm³/mol. The number of carbonyl (C=O) groups excluding carboxylic acids is 3. The summed E-state index contributed by atoms with van der Waals surface area (Å²) in [6.07, 6.45) is 6.40. The second-order valence-corrected chi connectivity index (χ2v) is 9.10. The number of benzene rings is 2. The fraction of sp³-hybridized carbons (Fsp3) is 0.346. The Morgan fingerprint density at radius 2 is 1.48 bits per heavy atom. The van der Waals surface area contributed by atoms with Crippen molar-refractivity contribution in [2.75, 3.05) is 4.90 Å². The van der Waals surface area contributed by atoms with Gasteiger partial charge < -0.3 is 4.74 Å². The van der Waals surface area contributed by atoms with E-state index in [9.17, 15) is 14.4 Å². The van der Waals surface area contributed by atoms with Crippen LogP contribution in [0.4, 0.5) is 5.69 Å². The Balaban J connectivity index is 1.20. The molecule has 156 valence electrons. The van der Waals surface area contributed by atoms with Crippen molar-refractivity contribution in [2.24, 2.45) is 35.5 Å². The lowest BCUT2D eigenvalue weighted by Gasteiger charge is -2.37. The summed E-state index contributed by atoms with van der Waals surface area (Å²) < 4.78 is 5.44. The molecular formula is C26H23NO4. The first-order valence-electron chi connectivity index (χ1n) is 11.0. The average Bonchev–Trinajstić information content (AvgIpc) is 3.58. The summed E-state index contributed by atoms with van der Waals surface area (Å²) in [7, 11) is 0. The fourth-order valence-electron chi connectivity index (χ4n) is 5.92. The van der Waals surface area contributed by atoms with Crippen LogP contribution in [0.15, 0.2) is 60.7 Å². The number of nitrogens with zero attached hydrogens (tertiary/aromatic N) is 1. The van der Waals surface area contributed by atoms with E-state index in [0.29, 0.717) is 28.8 Å². The lowest BCUT2D eigenvalue weighted by atomic mass is 9.63. The maximum atomic E-state index is 13.2. The minimum Gasteiger partial charge on any atom is -0.423 e. The summed E-state index contributed by atoms with van der Waals surface area (Å²) in [6, 6.07) is 14.0. The summed E-state index contributed by atoms with van der Waals surface area (Å²) in [6.45, 7) is 2.07. The summed E-state index contributed by atoms with van der Waals surface area (Å²) in [5.74, 6) is 0.964. The molecule has 2 amide bonds. The lowest BCUT2D eigenvalue weighted by molar-refractivity contribution is -0.124. The fourth-order valence-corrected chi connectivity index (χ4v) is 5.92. The first kappa shape index (κ1) is 18.6. The quantitative estimate of drug-likeness (QED) is 0.329. The second kappa shape index (κ2) is 6.64. The maximum Gasteiger partial charge on any atom is 0.343 e. The van der Waals surface area contributed by atoms with Crippen molar-refractivity contribution < 1.29 is 19.1 Å². The zero-order valence-electron chi connectivity index (χ0n) is 17.2. The van der Waals surface area contributed by atoms with Crippen LogP contribution < -0.4 is 9.64 Å². The number of anilines is 1. The molecule has 3 fully saturated rings. The number of allylic oxidation sites excluding steroid dienone is 2. The Morgan fingerprint density at radius 1 is 0.903 bits per heavy atom. The van der Waals surface area contributed by atoms with E-state index in [0.717, 1.165) is 12.8 Å². The molecule has 1 heterocycles. The number of rotatable bonds is 4.